The van der Waals surface area contributed by atoms with E-state index in [1.807, 2.05) is 13.8 Å². The zero-order valence-corrected chi connectivity index (χ0v) is 19.2. The lowest BCUT2D eigenvalue weighted by Gasteiger charge is -2.26. The average Bonchev–Trinajstić information content (AvgIpc) is 2.69. The van der Waals surface area contributed by atoms with E-state index in [0.717, 1.165) is 0 Å². The van der Waals surface area contributed by atoms with Crippen LogP contribution in [0.4, 0.5) is 0 Å². The Labute approximate surface area is 192 Å². The van der Waals surface area contributed by atoms with Crippen molar-refractivity contribution in [3.05, 3.63) is 0 Å². The Kier molecular flexibility index (Phi) is 13.9. The van der Waals surface area contributed by atoms with Crippen molar-refractivity contribution in [2.45, 2.75) is 83.1 Å². The van der Waals surface area contributed by atoms with Crippen LogP contribution in [0.3, 0.4) is 0 Å². The number of carbonyl (C=O) groups excluding carboxylic acids is 3. The van der Waals surface area contributed by atoms with E-state index in [2.05, 4.69) is 16.0 Å². The van der Waals surface area contributed by atoms with E-state index >= 15 is 0 Å². The summed E-state index contributed by atoms with van der Waals surface area (Å²) in [5.41, 5.74) is 11.2. The Morgan fingerprint density at radius 2 is 1.42 bits per heavy atom. The molecule has 5 unspecified atom stereocenters. The van der Waals surface area contributed by atoms with E-state index in [-0.39, 0.29) is 12.3 Å². The van der Waals surface area contributed by atoms with Gasteiger partial charge in [-0.15, -0.1) is 0 Å². The molecular weight excluding hydrogens is 438 g/mol. The molecule has 5 atom stereocenters. The second kappa shape index (κ2) is 15.1. The van der Waals surface area contributed by atoms with Crippen LogP contribution in [-0.2, 0) is 24.0 Å². The first-order valence-corrected chi connectivity index (χ1v) is 10.8. The summed E-state index contributed by atoms with van der Waals surface area (Å²) in [6.07, 6.45) is -0.909. The molecule has 0 saturated carbocycles. The van der Waals surface area contributed by atoms with Gasteiger partial charge in [0.25, 0.3) is 0 Å². The molecule has 190 valence electrons. The van der Waals surface area contributed by atoms with Gasteiger partial charge in [0.1, 0.15) is 18.1 Å². The quantitative estimate of drug-likeness (QED) is 0.113. The van der Waals surface area contributed by atoms with Crippen molar-refractivity contribution in [3.8, 4) is 0 Å². The Morgan fingerprint density at radius 3 is 1.88 bits per heavy atom. The van der Waals surface area contributed by atoms with Crippen LogP contribution >= 0.6 is 0 Å². The minimum Gasteiger partial charge on any atom is -0.481 e. The molecule has 0 aromatic rings. The number of rotatable bonds is 16. The molecule has 0 aliphatic heterocycles. The number of amides is 3. The highest BCUT2D eigenvalue weighted by Crippen LogP contribution is 2.06. The topological polar surface area (TPSA) is 234 Å². The van der Waals surface area contributed by atoms with Crippen molar-refractivity contribution in [2.75, 3.05) is 6.54 Å². The number of hydrogen-bond acceptors (Lipinski definition) is 8. The fourth-order valence-electron chi connectivity index (χ4n) is 2.95. The predicted molar refractivity (Wildman–Crippen MR) is 118 cm³/mol. The second-order valence-electron chi connectivity index (χ2n) is 8.31. The summed E-state index contributed by atoms with van der Waals surface area (Å²) in [6, 6.07) is -5.41. The van der Waals surface area contributed by atoms with Gasteiger partial charge in [-0.25, -0.2) is 4.79 Å². The molecule has 0 spiro atoms. The largest absolute Gasteiger partial charge is 0.481 e. The highest BCUT2D eigenvalue weighted by molar-refractivity contribution is 5.95. The summed E-state index contributed by atoms with van der Waals surface area (Å²) in [7, 11) is 0. The molecule has 0 aliphatic rings. The monoisotopic (exact) mass is 475 g/mol. The van der Waals surface area contributed by atoms with Crippen molar-refractivity contribution in [2.24, 2.45) is 17.4 Å². The number of hydrogen-bond donors (Lipinski definition) is 8. The van der Waals surface area contributed by atoms with Gasteiger partial charge >= 0.3 is 11.9 Å². The van der Waals surface area contributed by atoms with Crippen molar-refractivity contribution in [1.82, 2.24) is 16.0 Å². The summed E-state index contributed by atoms with van der Waals surface area (Å²) in [6.45, 7) is 5.26. The molecule has 3 amide bonds. The average molecular weight is 476 g/mol. The standard InChI is InChI=1S/C20H37N5O8/c1-10(2)8-12(22)17(29)25-16(11(3)26)19(31)24-14(9-15(27)28)18(30)23-13(20(32)33)6-4-5-7-21/h10-14,16,26H,4-9,21-22H2,1-3H3,(H,23,30)(H,24,31)(H,25,29)(H,27,28)(H,32,33). The molecule has 0 bridgehead atoms. The Bertz CT molecular complexity index is 685. The fraction of sp³-hybridized carbons (Fsp3) is 0.750. The van der Waals surface area contributed by atoms with Crippen molar-refractivity contribution in [3.63, 3.8) is 0 Å². The van der Waals surface area contributed by atoms with Gasteiger partial charge in [0.15, 0.2) is 0 Å². The van der Waals surface area contributed by atoms with Crippen LogP contribution in [0.15, 0.2) is 0 Å². The molecule has 33 heavy (non-hydrogen) atoms. The van der Waals surface area contributed by atoms with Crippen LogP contribution in [0.1, 0.15) is 52.9 Å². The molecule has 0 radical (unpaired) electrons. The van der Waals surface area contributed by atoms with E-state index in [4.69, 9.17) is 16.6 Å². The molecule has 0 aromatic heterocycles. The first kappa shape index (κ1) is 30.2. The summed E-state index contributed by atoms with van der Waals surface area (Å²) in [4.78, 5) is 60.1. The lowest BCUT2D eigenvalue weighted by Crippen LogP contribution is -2.60. The third kappa shape index (κ3) is 12.2. The fourth-order valence-corrected chi connectivity index (χ4v) is 2.95. The third-order valence-electron chi connectivity index (χ3n) is 4.70. The molecule has 13 heteroatoms. The van der Waals surface area contributed by atoms with Crippen LogP contribution in [-0.4, -0.2) is 81.8 Å². The maximum Gasteiger partial charge on any atom is 0.326 e. The van der Waals surface area contributed by atoms with Gasteiger partial charge in [0.05, 0.1) is 18.6 Å². The van der Waals surface area contributed by atoms with E-state index in [1.165, 1.54) is 6.92 Å². The molecule has 0 saturated heterocycles. The van der Waals surface area contributed by atoms with Gasteiger partial charge in [-0.1, -0.05) is 13.8 Å². The normalized spacial score (nSPS) is 15.6. The van der Waals surface area contributed by atoms with E-state index in [0.29, 0.717) is 25.8 Å². The predicted octanol–water partition coefficient (Wildman–Crippen LogP) is -2.12. The maximum atomic E-state index is 12.7. The SMILES string of the molecule is CC(C)CC(N)C(=O)NC(C(=O)NC(CC(=O)O)C(=O)NC(CCCCN)C(=O)O)C(C)O. The first-order valence-electron chi connectivity index (χ1n) is 10.8. The number of nitrogens with two attached hydrogens (primary N) is 2. The van der Waals surface area contributed by atoms with E-state index in [1.54, 1.807) is 0 Å². The highest BCUT2D eigenvalue weighted by atomic mass is 16.4. The lowest BCUT2D eigenvalue weighted by molar-refractivity contribution is -0.144. The van der Waals surface area contributed by atoms with Crippen LogP contribution in [0, 0.1) is 5.92 Å². The summed E-state index contributed by atoms with van der Waals surface area (Å²) >= 11 is 0. The molecule has 0 fully saturated rings. The second-order valence-corrected chi connectivity index (χ2v) is 8.31. The first-order chi connectivity index (χ1) is 15.3. The van der Waals surface area contributed by atoms with Crippen LogP contribution in [0.2, 0.25) is 0 Å². The Morgan fingerprint density at radius 1 is 0.848 bits per heavy atom. The number of unbranched alkanes of at least 4 members (excludes halogenated alkanes) is 1. The maximum absolute atomic E-state index is 12.7. The van der Waals surface area contributed by atoms with Crippen LogP contribution < -0.4 is 27.4 Å². The molecule has 0 rings (SSSR count). The number of carboxylic acid groups (broad SMARTS) is 2. The van der Waals surface area contributed by atoms with Crippen molar-refractivity contribution >= 4 is 29.7 Å². The van der Waals surface area contributed by atoms with Gasteiger partial charge in [0, 0.05) is 0 Å². The molecule has 0 heterocycles. The smallest absolute Gasteiger partial charge is 0.326 e. The number of aliphatic hydroxyl groups is 1. The molecule has 0 aromatic carbocycles. The Hall–Kier alpha value is -2.77. The lowest BCUT2D eigenvalue weighted by atomic mass is 10.0. The van der Waals surface area contributed by atoms with Crippen LogP contribution in [0.5, 0.6) is 0 Å². The van der Waals surface area contributed by atoms with Crippen molar-refractivity contribution < 1.29 is 39.3 Å². The van der Waals surface area contributed by atoms with E-state index in [9.17, 15) is 34.2 Å². The highest BCUT2D eigenvalue weighted by Gasteiger charge is 2.33. The molecule has 10 N–H and O–H groups in total. The number of carboxylic acids is 2. The number of nitrogens with one attached hydrogen (secondary N) is 3. The minimum atomic E-state index is -1.64. The van der Waals surface area contributed by atoms with Gasteiger partial charge in [-0.3, -0.25) is 19.2 Å². The van der Waals surface area contributed by atoms with Gasteiger partial charge in [-0.05, 0) is 45.1 Å². The molecule has 0 aliphatic carbocycles. The molecular formula is C20H37N5O8. The van der Waals surface area contributed by atoms with Gasteiger partial charge in [0.2, 0.25) is 17.7 Å². The summed E-state index contributed by atoms with van der Waals surface area (Å²) < 4.78 is 0. The van der Waals surface area contributed by atoms with Gasteiger partial charge in [-0.2, -0.15) is 0 Å². The summed E-state index contributed by atoms with van der Waals surface area (Å²) in [5, 5.41) is 35.0. The Balaban J connectivity index is 5.39. The van der Waals surface area contributed by atoms with Crippen LogP contribution in [0.25, 0.3) is 0 Å². The third-order valence-corrected chi connectivity index (χ3v) is 4.70. The number of aliphatic hydroxyl groups excluding tert-OH is 1. The summed E-state index contributed by atoms with van der Waals surface area (Å²) in [5.74, 6) is -5.41. The van der Waals surface area contributed by atoms with E-state index < -0.39 is 66.4 Å². The zero-order valence-electron chi connectivity index (χ0n) is 19.2. The van der Waals surface area contributed by atoms with Crippen molar-refractivity contribution in [1.29, 1.82) is 0 Å². The number of carbonyl (C=O) groups is 5. The van der Waals surface area contributed by atoms with Gasteiger partial charge < -0.3 is 42.7 Å². The zero-order chi connectivity index (χ0) is 25.7. The minimum absolute atomic E-state index is 0.0616. The molecule has 13 nitrogen and oxygen atoms in total. The number of aliphatic carboxylic acids is 2.